The Morgan fingerprint density at radius 3 is 3.20 bits per heavy atom. The molecule has 0 bridgehead atoms. The molecule has 106 valence electrons. The summed E-state index contributed by atoms with van der Waals surface area (Å²) in [6.45, 7) is 0.869. The zero-order valence-electron chi connectivity index (χ0n) is 10.7. The molecular weight excluding hydrogens is 297 g/mol. The van der Waals surface area contributed by atoms with Crippen molar-refractivity contribution in [2.24, 2.45) is 0 Å². The highest BCUT2D eigenvalue weighted by molar-refractivity contribution is 8.01. The molecule has 0 aliphatic carbocycles. The minimum atomic E-state index is -0.271. The maximum Gasteiger partial charge on any atom is 0.210 e. The Morgan fingerprint density at radius 1 is 1.45 bits per heavy atom. The Hall–Kier alpha value is -1.18. The molecule has 2 heterocycles. The fourth-order valence-electron chi connectivity index (χ4n) is 1.95. The van der Waals surface area contributed by atoms with Gasteiger partial charge < -0.3 is 10.1 Å². The topological polar surface area (TPSA) is 47.0 Å². The summed E-state index contributed by atoms with van der Waals surface area (Å²) in [5.41, 5.74) is 0.678. The second-order valence-corrected chi connectivity index (χ2v) is 6.70. The summed E-state index contributed by atoms with van der Waals surface area (Å²) in [5.74, 6) is 0.640. The molecule has 1 fully saturated rings. The Labute approximate surface area is 124 Å². The molecule has 0 saturated carbocycles. The molecule has 1 atom stereocenters. The molecule has 0 spiro atoms. The smallest absolute Gasteiger partial charge is 0.210 e. The molecule has 1 aliphatic rings. The minimum Gasteiger partial charge on any atom is -0.377 e. The number of rotatable bonds is 5. The lowest BCUT2D eigenvalue weighted by molar-refractivity contribution is 0.129. The molecule has 1 aromatic carbocycles. The highest BCUT2D eigenvalue weighted by Crippen LogP contribution is 2.29. The summed E-state index contributed by atoms with van der Waals surface area (Å²) in [6, 6.07) is 6.30. The molecule has 0 radical (unpaired) electrons. The van der Waals surface area contributed by atoms with Gasteiger partial charge in [-0.2, -0.15) is 0 Å². The van der Waals surface area contributed by atoms with Crippen molar-refractivity contribution in [3.05, 3.63) is 30.1 Å². The second-order valence-electron chi connectivity index (χ2n) is 4.45. The average Bonchev–Trinajstić information content (AvgIpc) is 3.07. The molecule has 1 aromatic heterocycles. The predicted octanol–water partition coefficient (Wildman–Crippen LogP) is 3.69. The van der Waals surface area contributed by atoms with Gasteiger partial charge in [-0.05, 0) is 31.0 Å². The number of hydrogen-bond acceptors (Lipinski definition) is 6. The van der Waals surface area contributed by atoms with E-state index in [1.54, 1.807) is 23.9 Å². The highest BCUT2D eigenvalue weighted by atomic mass is 32.2. The van der Waals surface area contributed by atoms with Crippen molar-refractivity contribution in [3.63, 3.8) is 0 Å². The van der Waals surface area contributed by atoms with Gasteiger partial charge >= 0.3 is 0 Å². The van der Waals surface area contributed by atoms with Gasteiger partial charge in [0.1, 0.15) is 5.82 Å². The van der Waals surface area contributed by atoms with E-state index < -0.39 is 0 Å². The van der Waals surface area contributed by atoms with Gasteiger partial charge in [0, 0.05) is 18.0 Å². The van der Waals surface area contributed by atoms with Crippen LogP contribution in [0.5, 0.6) is 0 Å². The number of nitrogens with one attached hydrogen (secondary N) is 1. The van der Waals surface area contributed by atoms with Gasteiger partial charge in [0.25, 0.3) is 0 Å². The van der Waals surface area contributed by atoms with Crippen LogP contribution in [0.4, 0.5) is 15.2 Å². The normalized spacial score (nSPS) is 18.4. The van der Waals surface area contributed by atoms with Crippen LogP contribution in [-0.2, 0) is 4.74 Å². The fraction of sp³-hybridized carbons (Fsp3) is 0.385. The van der Waals surface area contributed by atoms with Gasteiger partial charge in [-0.15, -0.1) is 10.2 Å². The number of ether oxygens (including phenoxy) is 1. The van der Waals surface area contributed by atoms with E-state index in [0.29, 0.717) is 16.9 Å². The van der Waals surface area contributed by atoms with Crippen molar-refractivity contribution < 1.29 is 9.13 Å². The van der Waals surface area contributed by atoms with Gasteiger partial charge in [-0.25, -0.2) is 4.39 Å². The lowest BCUT2D eigenvalue weighted by atomic mass is 10.3. The summed E-state index contributed by atoms with van der Waals surface area (Å²) in [5, 5.41) is 11.9. The zero-order chi connectivity index (χ0) is 13.8. The molecular formula is C13H14FN3OS2. The van der Waals surface area contributed by atoms with Crippen molar-refractivity contribution in [1.82, 2.24) is 10.2 Å². The van der Waals surface area contributed by atoms with Crippen molar-refractivity contribution in [3.8, 4) is 0 Å². The van der Waals surface area contributed by atoms with Crippen LogP contribution in [0.1, 0.15) is 12.8 Å². The van der Waals surface area contributed by atoms with Crippen molar-refractivity contribution in [2.45, 2.75) is 23.3 Å². The van der Waals surface area contributed by atoms with Crippen LogP contribution in [0.15, 0.2) is 28.6 Å². The van der Waals surface area contributed by atoms with E-state index in [1.807, 2.05) is 0 Å². The Morgan fingerprint density at radius 2 is 2.40 bits per heavy atom. The first kappa shape index (κ1) is 13.8. The van der Waals surface area contributed by atoms with E-state index in [9.17, 15) is 4.39 Å². The molecule has 1 N–H and O–H groups in total. The highest BCUT2D eigenvalue weighted by Gasteiger charge is 2.16. The van der Waals surface area contributed by atoms with Gasteiger partial charge in [0.05, 0.1) is 6.10 Å². The number of nitrogens with zero attached hydrogens (tertiary/aromatic N) is 2. The first-order chi connectivity index (χ1) is 9.79. The van der Waals surface area contributed by atoms with E-state index in [0.717, 1.165) is 29.5 Å². The third-order valence-electron chi connectivity index (χ3n) is 2.90. The van der Waals surface area contributed by atoms with Crippen molar-refractivity contribution in [2.75, 3.05) is 17.7 Å². The fourth-order valence-corrected chi connectivity index (χ4v) is 3.81. The zero-order valence-corrected chi connectivity index (χ0v) is 12.3. The van der Waals surface area contributed by atoms with E-state index >= 15 is 0 Å². The van der Waals surface area contributed by atoms with Gasteiger partial charge in [-0.3, -0.25) is 0 Å². The van der Waals surface area contributed by atoms with Crippen LogP contribution in [0.2, 0.25) is 0 Å². The first-order valence-corrected chi connectivity index (χ1v) is 8.20. The molecule has 1 saturated heterocycles. The second kappa shape index (κ2) is 6.51. The third kappa shape index (κ3) is 3.68. The average molecular weight is 311 g/mol. The van der Waals surface area contributed by atoms with E-state index in [4.69, 9.17) is 4.74 Å². The molecule has 0 unspecified atom stereocenters. The van der Waals surface area contributed by atoms with Crippen molar-refractivity contribution in [1.29, 1.82) is 0 Å². The number of thioether (sulfide) groups is 1. The molecule has 4 nitrogen and oxygen atoms in total. The third-order valence-corrected chi connectivity index (χ3v) is 5.00. The summed E-state index contributed by atoms with van der Waals surface area (Å²) < 4.78 is 19.5. The summed E-state index contributed by atoms with van der Waals surface area (Å²) in [7, 11) is 0. The van der Waals surface area contributed by atoms with E-state index in [-0.39, 0.29) is 5.82 Å². The van der Waals surface area contributed by atoms with Crippen LogP contribution in [0.25, 0.3) is 0 Å². The number of aromatic nitrogens is 2. The van der Waals surface area contributed by atoms with Crippen LogP contribution in [0.3, 0.4) is 0 Å². The molecule has 20 heavy (non-hydrogen) atoms. The SMILES string of the molecule is Fc1cccc(Nc2nnc(SC[C@@H]3CCCO3)s2)c1. The summed E-state index contributed by atoms with van der Waals surface area (Å²) in [4.78, 5) is 0. The molecule has 2 aromatic rings. The molecule has 3 rings (SSSR count). The number of benzene rings is 1. The van der Waals surface area contributed by atoms with Crippen LogP contribution >= 0.6 is 23.1 Å². The van der Waals surface area contributed by atoms with E-state index in [2.05, 4.69) is 15.5 Å². The quantitative estimate of drug-likeness (QED) is 0.853. The Balaban J connectivity index is 1.56. The Bertz CT molecular complexity index is 572. The molecule has 1 aliphatic heterocycles. The summed E-state index contributed by atoms with van der Waals surface area (Å²) in [6.07, 6.45) is 2.61. The Kier molecular flexibility index (Phi) is 4.49. The predicted molar refractivity (Wildman–Crippen MR) is 79.3 cm³/mol. The monoisotopic (exact) mass is 311 g/mol. The largest absolute Gasteiger partial charge is 0.377 e. The lowest BCUT2D eigenvalue weighted by Crippen LogP contribution is -2.07. The number of halogens is 1. The maximum atomic E-state index is 13.1. The lowest BCUT2D eigenvalue weighted by Gasteiger charge is -2.05. The van der Waals surface area contributed by atoms with E-state index in [1.165, 1.54) is 23.5 Å². The summed E-state index contributed by atoms with van der Waals surface area (Å²) >= 11 is 3.13. The van der Waals surface area contributed by atoms with Gasteiger partial charge in [0.15, 0.2) is 4.34 Å². The molecule has 7 heteroatoms. The molecule has 0 amide bonds. The van der Waals surface area contributed by atoms with Crippen LogP contribution in [-0.4, -0.2) is 28.7 Å². The van der Waals surface area contributed by atoms with Crippen LogP contribution < -0.4 is 5.32 Å². The van der Waals surface area contributed by atoms with Crippen molar-refractivity contribution >= 4 is 33.9 Å². The van der Waals surface area contributed by atoms with Crippen LogP contribution in [0, 0.1) is 5.82 Å². The maximum absolute atomic E-state index is 13.1. The van der Waals surface area contributed by atoms with Gasteiger partial charge in [-0.1, -0.05) is 29.2 Å². The number of anilines is 2. The standard InChI is InChI=1S/C13H14FN3OS2/c14-9-3-1-4-10(7-9)15-12-16-17-13(20-12)19-8-11-5-2-6-18-11/h1,3-4,7,11H,2,5-6,8H2,(H,15,16)/t11-/m0/s1. The minimum absolute atomic E-state index is 0.271. The number of hydrogen-bond donors (Lipinski definition) is 1. The van der Waals surface area contributed by atoms with Gasteiger partial charge in [0.2, 0.25) is 5.13 Å². The first-order valence-electron chi connectivity index (χ1n) is 6.40.